The van der Waals surface area contributed by atoms with E-state index in [9.17, 15) is 18.0 Å². The minimum Gasteiger partial charge on any atom is -0.481 e. The number of aliphatic carboxylic acids is 1. The summed E-state index contributed by atoms with van der Waals surface area (Å²) in [5.41, 5.74) is 0.437. The number of carboxylic acid groups (broad SMARTS) is 1. The smallest absolute Gasteiger partial charge is 0.308 e. The van der Waals surface area contributed by atoms with Crippen molar-refractivity contribution in [2.45, 2.75) is 18.7 Å². The Balaban J connectivity index is 2.27. The fraction of sp³-hybridized carbons (Fsp3) is 0.429. The number of sulfonamides is 1. The van der Waals surface area contributed by atoms with E-state index in [1.54, 1.807) is 6.92 Å². The van der Waals surface area contributed by atoms with Gasteiger partial charge in [0.25, 0.3) is 0 Å². The number of hydrogen-bond donors (Lipinski definition) is 1. The van der Waals surface area contributed by atoms with E-state index in [-0.39, 0.29) is 29.7 Å². The first kappa shape index (κ1) is 15.7. The van der Waals surface area contributed by atoms with Crippen LogP contribution in [0.25, 0.3) is 0 Å². The largest absolute Gasteiger partial charge is 0.481 e. The van der Waals surface area contributed by atoms with E-state index < -0.39 is 21.9 Å². The molecule has 6 nitrogen and oxygen atoms in total. The maximum atomic E-state index is 12.5. The van der Waals surface area contributed by atoms with Crippen molar-refractivity contribution >= 4 is 21.8 Å². The van der Waals surface area contributed by atoms with Gasteiger partial charge >= 0.3 is 5.97 Å². The third-order valence-corrected chi connectivity index (χ3v) is 5.64. The van der Waals surface area contributed by atoms with Gasteiger partial charge in [-0.25, -0.2) is 8.42 Å². The summed E-state index contributed by atoms with van der Waals surface area (Å²) in [6.45, 7) is 3.30. The van der Waals surface area contributed by atoms with E-state index in [0.29, 0.717) is 5.56 Å². The number of benzene rings is 1. The van der Waals surface area contributed by atoms with Gasteiger partial charge in [0.15, 0.2) is 5.78 Å². The zero-order valence-electron chi connectivity index (χ0n) is 11.8. The van der Waals surface area contributed by atoms with Crippen LogP contribution in [0, 0.1) is 11.8 Å². The molecule has 0 spiro atoms. The standard InChI is InChI=1S/C14H17NO5S/c1-9-7-15(8-13(9)14(17)18)21(19,20)12-5-3-11(4-6-12)10(2)16/h3-6,9,13H,7-8H2,1-2H3,(H,17,18)/t9-,13-/m1/s1. The summed E-state index contributed by atoms with van der Waals surface area (Å²) in [6.07, 6.45) is 0. The van der Waals surface area contributed by atoms with Gasteiger partial charge < -0.3 is 5.11 Å². The van der Waals surface area contributed by atoms with Gasteiger partial charge in [-0.3, -0.25) is 9.59 Å². The predicted molar refractivity (Wildman–Crippen MR) is 75.5 cm³/mol. The highest BCUT2D eigenvalue weighted by atomic mass is 32.2. The Morgan fingerprint density at radius 3 is 2.19 bits per heavy atom. The molecule has 2 atom stereocenters. The van der Waals surface area contributed by atoms with Crippen molar-refractivity contribution in [1.82, 2.24) is 4.31 Å². The molecule has 0 aromatic heterocycles. The molecule has 0 radical (unpaired) electrons. The van der Waals surface area contributed by atoms with Gasteiger partial charge in [-0.05, 0) is 25.0 Å². The highest BCUT2D eigenvalue weighted by Crippen LogP contribution is 2.28. The average Bonchev–Trinajstić information content (AvgIpc) is 2.82. The summed E-state index contributed by atoms with van der Waals surface area (Å²) in [7, 11) is -3.72. The Morgan fingerprint density at radius 2 is 1.76 bits per heavy atom. The van der Waals surface area contributed by atoms with Crippen LogP contribution in [0.15, 0.2) is 29.2 Å². The molecule has 2 rings (SSSR count). The van der Waals surface area contributed by atoms with Crippen LogP contribution in [0.3, 0.4) is 0 Å². The van der Waals surface area contributed by atoms with Crippen molar-refractivity contribution in [3.8, 4) is 0 Å². The van der Waals surface area contributed by atoms with Gasteiger partial charge in [-0.15, -0.1) is 0 Å². The molecule has 1 saturated heterocycles. The minimum atomic E-state index is -3.72. The Bertz CT molecular complexity index is 665. The first-order valence-electron chi connectivity index (χ1n) is 6.57. The number of carboxylic acids is 1. The maximum absolute atomic E-state index is 12.5. The van der Waals surface area contributed by atoms with Crippen LogP contribution in [0.2, 0.25) is 0 Å². The molecule has 0 aliphatic carbocycles. The Hall–Kier alpha value is -1.73. The van der Waals surface area contributed by atoms with E-state index in [0.717, 1.165) is 0 Å². The molecular weight excluding hydrogens is 294 g/mol. The van der Waals surface area contributed by atoms with Crippen LogP contribution in [0.5, 0.6) is 0 Å². The molecule has 0 saturated carbocycles. The highest BCUT2D eigenvalue weighted by molar-refractivity contribution is 7.89. The van der Waals surface area contributed by atoms with Crippen LogP contribution in [0.1, 0.15) is 24.2 Å². The lowest BCUT2D eigenvalue weighted by atomic mass is 9.99. The van der Waals surface area contributed by atoms with Crippen LogP contribution in [0.4, 0.5) is 0 Å². The number of ketones is 1. The van der Waals surface area contributed by atoms with Gasteiger partial charge in [-0.1, -0.05) is 19.1 Å². The summed E-state index contributed by atoms with van der Waals surface area (Å²) in [4.78, 5) is 22.4. The highest BCUT2D eigenvalue weighted by Gasteiger charge is 2.40. The molecule has 114 valence electrons. The molecule has 1 fully saturated rings. The number of hydrogen-bond acceptors (Lipinski definition) is 4. The second-order valence-electron chi connectivity index (χ2n) is 5.32. The first-order chi connectivity index (χ1) is 9.73. The SMILES string of the molecule is CC(=O)c1ccc(S(=O)(=O)N2C[C@@H](C)[C@H](C(=O)O)C2)cc1. The summed E-state index contributed by atoms with van der Waals surface area (Å²) in [5.74, 6) is -2.03. The summed E-state index contributed by atoms with van der Waals surface area (Å²) >= 11 is 0. The van der Waals surface area contributed by atoms with Crippen LogP contribution in [-0.2, 0) is 14.8 Å². The number of Topliss-reactive ketones (excluding diaryl/α,β-unsaturated/α-hetero) is 1. The second kappa shape index (κ2) is 5.57. The topological polar surface area (TPSA) is 91.8 Å². The van der Waals surface area contributed by atoms with Crippen molar-refractivity contribution in [3.63, 3.8) is 0 Å². The van der Waals surface area contributed by atoms with Gasteiger partial charge in [0.05, 0.1) is 10.8 Å². The fourth-order valence-corrected chi connectivity index (χ4v) is 4.02. The number of carbonyl (C=O) groups excluding carboxylic acids is 1. The van der Waals surface area contributed by atoms with E-state index >= 15 is 0 Å². The molecule has 1 heterocycles. The van der Waals surface area contributed by atoms with Crippen LogP contribution < -0.4 is 0 Å². The van der Waals surface area contributed by atoms with Gasteiger partial charge in [0.2, 0.25) is 10.0 Å². The van der Waals surface area contributed by atoms with E-state index in [2.05, 4.69) is 0 Å². The average molecular weight is 311 g/mol. The quantitative estimate of drug-likeness (QED) is 0.844. The molecule has 1 aromatic rings. The Labute approximate surface area is 123 Å². The summed E-state index contributed by atoms with van der Waals surface area (Å²) in [5, 5.41) is 9.08. The Kier molecular flexibility index (Phi) is 4.15. The fourth-order valence-electron chi connectivity index (χ4n) is 2.45. The molecule has 1 aromatic carbocycles. The molecule has 0 amide bonds. The molecule has 0 unspecified atom stereocenters. The zero-order valence-corrected chi connectivity index (χ0v) is 12.6. The minimum absolute atomic E-state index is 0.0205. The zero-order chi connectivity index (χ0) is 15.8. The normalized spacial score (nSPS) is 23.1. The van der Waals surface area contributed by atoms with E-state index in [1.807, 2.05) is 0 Å². The maximum Gasteiger partial charge on any atom is 0.308 e. The van der Waals surface area contributed by atoms with Gasteiger partial charge in [-0.2, -0.15) is 4.31 Å². The lowest BCUT2D eigenvalue weighted by Crippen LogP contribution is -2.30. The predicted octanol–water partition coefficient (Wildman–Crippen LogP) is 1.23. The van der Waals surface area contributed by atoms with Gasteiger partial charge in [0, 0.05) is 18.7 Å². The summed E-state index contributed by atoms with van der Waals surface area (Å²) in [6, 6.07) is 5.68. The molecular formula is C14H17NO5S. The molecule has 1 aliphatic rings. The molecule has 1 aliphatic heterocycles. The van der Waals surface area contributed by atoms with Crippen molar-refractivity contribution in [3.05, 3.63) is 29.8 Å². The lowest BCUT2D eigenvalue weighted by Gasteiger charge is -2.16. The number of nitrogens with zero attached hydrogens (tertiary/aromatic N) is 1. The van der Waals surface area contributed by atoms with E-state index in [1.165, 1.54) is 35.5 Å². The molecule has 7 heteroatoms. The monoisotopic (exact) mass is 311 g/mol. The third kappa shape index (κ3) is 2.98. The van der Waals surface area contributed by atoms with Crippen molar-refractivity contribution in [2.24, 2.45) is 11.8 Å². The number of rotatable bonds is 4. The second-order valence-corrected chi connectivity index (χ2v) is 7.26. The van der Waals surface area contributed by atoms with Crippen LogP contribution >= 0.6 is 0 Å². The molecule has 1 N–H and O–H groups in total. The molecule has 0 bridgehead atoms. The molecule has 21 heavy (non-hydrogen) atoms. The van der Waals surface area contributed by atoms with Gasteiger partial charge in [0.1, 0.15) is 0 Å². The van der Waals surface area contributed by atoms with E-state index in [4.69, 9.17) is 5.11 Å². The van der Waals surface area contributed by atoms with Crippen molar-refractivity contribution < 1.29 is 23.1 Å². The first-order valence-corrected chi connectivity index (χ1v) is 8.01. The summed E-state index contributed by atoms with van der Waals surface area (Å²) < 4.78 is 26.1. The number of carbonyl (C=O) groups is 2. The van der Waals surface area contributed by atoms with Crippen molar-refractivity contribution in [2.75, 3.05) is 13.1 Å². The third-order valence-electron chi connectivity index (χ3n) is 3.79. The lowest BCUT2D eigenvalue weighted by molar-refractivity contribution is -0.142. The Morgan fingerprint density at radius 1 is 1.19 bits per heavy atom. The van der Waals surface area contributed by atoms with Crippen molar-refractivity contribution in [1.29, 1.82) is 0 Å². The van der Waals surface area contributed by atoms with Crippen LogP contribution in [-0.4, -0.2) is 42.7 Å².